The third-order valence-corrected chi connectivity index (χ3v) is 3.83. The lowest BCUT2D eigenvalue weighted by Crippen LogP contribution is -2.14. The number of ether oxygens (including phenoxy) is 2. The molecule has 0 unspecified atom stereocenters. The van der Waals surface area contributed by atoms with Crippen LogP contribution in [-0.4, -0.2) is 13.2 Å². The second-order valence-corrected chi connectivity index (χ2v) is 5.87. The van der Waals surface area contributed by atoms with Gasteiger partial charge in [0.2, 0.25) is 0 Å². The van der Waals surface area contributed by atoms with Crippen molar-refractivity contribution in [2.75, 3.05) is 13.2 Å². The van der Waals surface area contributed by atoms with Crippen LogP contribution in [0.3, 0.4) is 0 Å². The quantitative estimate of drug-likeness (QED) is 0.545. The molecule has 0 spiro atoms. The highest BCUT2D eigenvalue weighted by molar-refractivity contribution is 5.85. The van der Waals surface area contributed by atoms with E-state index in [1.807, 2.05) is 31.2 Å². The minimum absolute atomic E-state index is 0. The fourth-order valence-corrected chi connectivity index (χ4v) is 2.52. The molecule has 0 aliphatic rings. The molecule has 0 aliphatic carbocycles. The standard InChI is InChI=1S/C21H29NO2.ClH/c1-3-5-9-14-22-16-19-12-13-20(21(15-19)23-4-2)24-17-18-10-7-6-8-11-18;/h6-8,10-13,15,22H,3-5,9,14,16-17H2,1-2H3;1H. The molecule has 0 saturated heterocycles. The van der Waals surface area contributed by atoms with Crippen LogP contribution in [0.1, 0.15) is 44.2 Å². The number of unbranched alkanes of at least 4 members (excludes halogenated alkanes) is 2. The smallest absolute Gasteiger partial charge is 0.161 e. The Kier molecular flexibility index (Phi) is 10.8. The van der Waals surface area contributed by atoms with E-state index in [1.54, 1.807) is 0 Å². The third-order valence-electron chi connectivity index (χ3n) is 3.83. The summed E-state index contributed by atoms with van der Waals surface area (Å²) >= 11 is 0. The SMILES string of the molecule is CCCCCNCc1ccc(OCc2ccccc2)c(OCC)c1.Cl. The highest BCUT2D eigenvalue weighted by Crippen LogP contribution is 2.29. The van der Waals surface area contributed by atoms with Crippen LogP contribution >= 0.6 is 12.4 Å². The summed E-state index contributed by atoms with van der Waals surface area (Å²) < 4.78 is 11.7. The molecule has 2 aromatic carbocycles. The van der Waals surface area contributed by atoms with Crippen LogP contribution in [0, 0.1) is 0 Å². The molecule has 1 N–H and O–H groups in total. The average Bonchev–Trinajstić information content (AvgIpc) is 2.62. The zero-order valence-corrected chi connectivity index (χ0v) is 16.1. The fourth-order valence-electron chi connectivity index (χ4n) is 2.52. The molecule has 3 nitrogen and oxygen atoms in total. The van der Waals surface area contributed by atoms with Gasteiger partial charge in [-0.3, -0.25) is 0 Å². The van der Waals surface area contributed by atoms with Gasteiger partial charge in [0.15, 0.2) is 11.5 Å². The van der Waals surface area contributed by atoms with Gasteiger partial charge in [-0.1, -0.05) is 56.2 Å². The monoisotopic (exact) mass is 363 g/mol. The summed E-state index contributed by atoms with van der Waals surface area (Å²) in [6.45, 7) is 7.33. The van der Waals surface area contributed by atoms with E-state index < -0.39 is 0 Å². The van der Waals surface area contributed by atoms with Gasteiger partial charge in [-0.05, 0) is 43.1 Å². The van der Waals surface area contributed by atoms with Crippen LogP contribution in [-0.2, 0) is 13.2 Å². The van der Waals surface area contributed by atoms with Crippen molar-refractivity contribution in [3.8, 4) is 11.5 Å². The Bertz CT molecular complexity index is 590. The van der Waals surface area contributed by atoms with Crippen molar-refractivity contribution in [1.82, 2.24) is 5.32 Å². The predicted octanol–water partition coefficient (Wildman–Crippen LogP) is 5.37. The van der Waals surface area contributed by atoms with E-state index in [4.69, 9.17) is 9.47 Å². The number of nitrogens with one attached hydrogen (secondary N) is 1. The second-order valence-electron chi connectivity index (χ2n) is 5.87. The van der Waals surface area contributed by atoms with E-state index in [1.165, 1.54) is 24.8 Å². The molecule has 0 atom stereocenters. The highest BCUT2D eigenvalue weighted by Gasteiger charge is 2.07. The van der Waals surface area contributed by atoms with Crippen LogP contribution in [0.25, 0.3) is 0 Å². The van der Waals surface area contributed by atoms with E-state index >= 15 is 0 Å². The highest BCUT2D eigenvalue weighted by atomic mass is 35.5. The summed E-state index contributed by atoms with van der Waals surface area (Å²) in [7, 11) is 0. The van der Waals surface area contributed by atoms with E-state index in [0.717, 1.165) is 30.2 Å². The summed E-state index contributed by atoms with van der Waals surface area (Å²) in [5.41, 5.74) is 2.38. The Balaban J connectivity index is 0.00000312. The first kappa shape index (κ1) is 21.3. The molecule has 0 heterocycles. The number of benzene rings is 2. The second kappa shape index (κ2) is 12.6. The number of halogens is 1. The Morgan fingerprint density at radius 1 is 0.840 bits per heavy atom. The van der Waals surface area contributed by atoms with E-state index in [2.05, 4.69) is 36.5 Å². The summed E-state index contributed by atoms with van der Waals surface area (Å²) in [6.07, 6.45) is 3.76. The topological polar surface area (TPSA) is 30.5 Å². The largest absolute Gasteiger partial charge is 0.490 e. The van der Waals surface area contributed by atoms with Crippen LogP contribution in [0.2, 0.25) is 0 Å². The summed E-state index contributed by atoms with van der Waals surface area (Å²) in [5.74, 6) is 1.62. The fraction of sp³-hybridized carbons (Fsp3) is 0.429. The lowest BCUT2D eigenvalue weighted by molar-refractivity contribution is 0.269. The first-order chi connectivity index (χ1) is 11.8. The minimum atomic E-state index is 0. The maximum absolute atomic E-state index is 5.94. The van der Waals surface area contributed by atoms with Gasteiger partial charge in [0.05, 0.1) is 6.61 Å². The van der Waals surface area contributed by atoms with Gasteiger partial charge < -0.3 is 14.8 Å². The van der Waals surface area contributed by atoms with Gasteiger partial charge in [-0.15, -0.1) is 12.4 Å². The molecule has 0 saturated carbocycles. The molecule has 0 bridgehead atoms. The molecule has 0 fully saturated rings. The van der Waals surface area contributed by atoms with Crippen molar-refractivity contribution in [2.45, 2.75) is 46.3 Å². The van der Waals surface area contributed by atoms with Crippen LogP contribution in [0.4, 0.5) is 0 Å². The van der Waals surface area contributed by atoms with Gasteiger partial charge in [-0.2, -0.15) is 0 Å². The molecule has 0 radical (unpaired) electrons. The van der Waals surface area contributed by atoms with Crippen molar-refractivity contribution >= 4 is 12.4 Å². The molecule has 138 valence electrons. The van der Waals surface area contributed by atoms with Crippen LogP contribution in [0.5, 0.6) is 11.5 Å². The molecule has 0 amide bonds. The molecular weight excluding hydrogens is 334 g/mol. The lowest BCUT2D eigenvalue weighted by Gasteiger charge is -2.14. The summed E-state index contributed by atoms with van der Waals surface area (Å²) in [6, 6.07) is 16.4. The van der Waals surface area contributed by atoms with Crippen molar-refractivity contribution in [2.24, 2.45) is 0 Å². The molecule has 25 heavy (non-hydrogen) atoms. The Labute approximate surface area is 158 Å². The molecular formula is C21H30ClNO2. The summed E-state index contributed by atoms with van der Waals surface area (Å²) in [5, 5.41) is 3.49. The number of rotatable bonds is 11. The first-order valence-corrected chi connectivity index (χ1v) is 8.96. The molecule has 2 aromatic rings. The normalized spacial score (nSPS) is 10.2. The van der Waals surface area contributed by atoms with E-state index in [9.17, 15) is 0 Å². The lowest BCUT2D eigenvalue weighted by atomic mass is 10.2. The third kappa shape index (κ3) is 7.80. The van der Waals surface area contributed by atoms with Gasteiger partial charge in [0.25, 0.3) is 0 Å². The van der Waals surface area contributed by atoms with Crippen LogP contribution < -0.4 is 14.8 Å². The zero-order valence-electron chi connectivity index (χ0n) is 15.3. The summed E-state index contributed by atoms with van der Waals surface area (Å²) in [4.78, 5) is 0. The maximum Gasteiger partial charge on any atom is 0.161 e. The number of hydrogen-bond donors (Lipinski definition) is 1. The zero-order chi connectivity index (χ0) is 17.0. The molecule has 2 rings (SSSR count). The first-order valence-electron chi connectivity index (χ1n) is 8.96. The van der Waals surface area contributed by atoms with Crippen molar-refractivity contribution in [1.29, 1.82) is 0 Å². The van der Waals surface area contributed by atoms with Gasteiger partial charge in [-0.25, -0.2) is 0 Å². The molecule has 0 aliphatic heterocycles. The Morgan fingerprint density at radius 2 is 1.64 bits per heavy atom. The Hall–Kier alpha value is -1.71. The van der Waals surface area contributed by atoms with Gasteiger partial charge in [0, 0.05) is 6.54 Å². The number of hydrogen-bond acceptors (Lipinski definition) is 3. The predicted molar refractivity (Wildman–Crippen MR) is 107 cm³/mol. The average molecular weight is 364 g/mol. The van der Waals surface area contributed by atoms with Crippen molar-refractivity contribution in [3.05, 3.63) is 59.7 Å². The van der Waals surface area contributed by atoms with Crippen molar-refractivity contribution in [3.63, 3.8) is 0 Å². The van der Waals surface area contributed by atoms with E-state index in [-0.39, 0.29) is 12.4 Å². The van der Waals surface area contributed by atoms with Gasteiger partial charge >= 0.3 is 0 Å². The van der Waals surface area contributed by atoms with Gasteiger partial charge in [0.1, 0.15) is 6.61 Å². The molecule has 4 heteroatoms. The minimum Gasteiger partial charge on any atom is -0.490 e. The maximum atomic E-state index is 5.94. The van der Waals surface area contributed by atoms with Crippen molar-refractivity contribution < 1.29 is 9.47 Å². The molecule has 0 aromatic heterocycles. The Morgan fingerprint density at radius 3 is 2.36 bits per heavy atom. The van der Waals surface area contributed by atoms with E-state index in [0.29, 0.717) is 13.2 Å². The van der Waals surface area contributed by atoms with Crippen LogP contribution in [0.15, 0.2) is 48.5 Å².